The van der Waals surface area contributed by atoms with Gasteiger partial charge in [-0.2, -0.15) is 0 Å². The fourth-order valence-corrected chi connectivity index (χ4v) is 9.46. The average Bonchev–Trinajstić information content (AvgIpc) is 3.44. The maximum atomic E-state index is 16.1. The predicted molar refractivity (Wildman–Crippen MR) is 165 cm³/mol. The molecule has 0 radical (unpaired) electrons. The first-order valence-electron chi connectivity index (χ1n) is 15.5. The van der Waals surface area contributed by atoms with E-state index in [1.54, 1.807) is 25.3 Å². The summed E-state index contributed by atoms with van der Waals surface area (Å²) in [4.78, 5) is 33.6. The molecule has 2 heterocycles. The Morgan fingerprint density at radius 1 is 1.09 bits per heavy atom. The van der Waals surface area contributed by atoms with Crippen LogP contribution in [-0.4, -0.2) is 41.1 Å². The Morgan fingerprint density at radius 2 is 1.79 bits per heavy atom. The Hall–Kier alpha value is -2.06. The molecule has 2 aromatic rings. The lowest BCUT2D eigenvalue weighted by Crippen LogP contribution is -2.52. The molecule has 1 aromatic heterocycles. The van der Waals surface area contributed by atoms with E-state index >= 15 is 4.39 Å². The third kappa shape index (κ3) is 4.84. The maximum Gasteiger partial charge on any atom is 0.237 e. The van der Waals surface area contributed by atoms with E-state index in [-0.39, 0.29) is 39.8 Å². The summed E-state index contributed by atoms with van der Waals surface area (Å²) in [7, 11) is 1.63. The molecular weight excluding hydrogens is 590 g/mol. The Kier molecular flexibility index (Phi) is 7.97. The number of halogens is 3. The van der Waals surface area contributed by atoms with Gasteiger partial charge in [0.1, 0.15) is 22.6 Å². The van der Waals surface area contributed by atoms with Gasteiger partial charge in [0.15, 0.2) is 0 Å². The summed E-state index contributed by atoms with van der Waals surface area (Å²) < 4.78 is 21.8. The molecule has 1 amide bonds. The molecule has 232 valence electrons. The third-order valence-electron chi connectivity index (χ3n) is 11.7. The number of fused-ring (bicyclic) bond motifs is 3. The summed E-state index contributed by atoms with van der Waals surface area (Å²) in [5, 5.41) is 13.2. The van der Waals surface area contributed by atoms with Crippen LogP contribution in [0.3, 0.4) is 0 Å². The number of nitrogens with zero attached hydrogens (tertiary/aromatic N) is 1. The molecule has 6 rings (SSSR count). The summed E-state index contributed by atoms with van der Waals surface area (Å²) in [6, 6.07) is 8.46. The first-order chi connectivity index (χ1) is 20.4. The van der Waals surface area contributed by atoms with Gasteiger partial charge in [-0.3, -0.25) is 9.59 Å². The van der Waals surface area contributed by atoms with E-state index < -0.39 is 34.1 Å². The molecule has 4 aliphatic rings. The maximum absolute atomic E-state index is 16.1. The van der Waals surface area contributed by atoms with E-state index in [1.807, 2.05) is 6.07 Å². The van der Waals surface area contributed by atoms with Gasteiger partial charge in [0, 0.05) is 30.9 Å². The zero-order valence-electron chi connectivity index (χ0n) is 25.2. The van der Waals surface area contributed by atoms with Crippen LogP contribution in [0.25, 0.3) is 0 Å². The van der Waals surface area contributed by atoms with Crippen LogP contribution in [0.5, 0.6) is 0 Å². The fourth-order valence-electron chi connectivity index (χ4n) is 9.13. The minimum Gasteiger partial charge on any atom is -0.393 e. The van der Waals surface area contributed by atoms with Gasteiger partial charge in [-0.15, -0.1) is 0 Å². The molecule has 43 heavy (non-hydrogen) atoms. The molecule has 1 aliphatic heterocycles. The predicted octanol–water partition coefficient (Wildman–Crippen LogP) is 7.63. The van der Waals surface area contributed by atoms with E-state index in [0.29, 0.717) is 42.6 Å². The normalized spacial score (nSPS) is 32.6. The Morgan fingerprint density at radius 3 is 2.44 bits per heavy atom. The number of anilines is 1. The van der Waals surface area contributed by atoms with Gasteiger partial charge in [0.05, 0.1) is 22.6 Å². The van der Waals surface area contributed by atoms with Crippen molar-refractivity contribution in [3.8, 4) is 0 Å². The first-order valence-corrected chi connectivity index (χ1v) is 16.3. The van der Waals surface area contributed by atoms with Crippen molar-refractivity contribution in [1.82, 2.24) is 4.98 Å². The number of ketones is 1. The fraction of sp³-hybridized carbons (Fsp3) is 0.618. The topological polar surface area (TPSA) is 88.5 Å². The lowest BCUT2D eigenvalue weighted by molar-refractivity contribution is -0.127. The number of nitrogens with one attached hydrogen (secondary N) is 1. The molecule has 0 saturated heterocycles. The van der Waals surface area contributed by atoms with Crippen molar-refractivity contribution >= 4 is 40.7 Å². The van der Waals surface area contributed by atoms with Crippen LogP contribution in [0, 0.1) is 28.5 Å². The molecule has 3 saturated carbocycles. The molecule has 1 aromatic carbocycles. The monoisotopic (exact) mass is 630 g/mol. The van der Waals surface area contributed by atoms with Crippen molar-refractivity contribution in [3.63, 3.8) is 0 Å². The van der Waals surface area contributed by atoms with Crippen LogP contribution >= 0.6 is 23.2 Å². The van der Waals surface area contributed by atoms with Crippen molar-refractivity contribution < 1.29 is 23.8 Å². The SMILES string of the molecule is COC1(CO)CCC(CC(=O)[C@@H]2CC3(CCC(C)(C)CC3)[C@@]3(C(=O)Nc4nc(Cl)ccc43)[C@H]2c2cccc(Cl)c2F)CC1. The number of aromatic nitrogens is 1. The number of pyridine rings is 1. The summed E-state index contributed by atoms with van der Waals surface area (Å²) in [5.41, 5.74) is -1.20. The van der Waals surface area contributed by atoms with Crippen LogP contribution in [0.15, 0.2) is 30.3 Å². The van der Waals surface area contributed by atoms with E-state index in [2.05, 4.69) is 24.1 Å². The lowest BCUT2D eigenvalue weighted by atomic mass is 9.51. The second kappa shape index (κ2) is 11.1. The quantitative estimate of drug-likeness (QED) is 0.320. The Labute approximate surface area is 263 Å². The second-order valence-electron chi connectivity index (χ2n) is 14.3. The Bertz CT molecular complexity index is 1420. The summed E-state index contributed by atoms with van der Waals surface area (Å²) in [6.45, 7) is 4.45. The van der Waals surface area contributed by atoms with Crippen molar-refractivity contribution in [1.29, 1.82) is 0 Å². The van der Waals surface area contributed by atoms with E-state index in [0.717, 1.165) is 38.5 Å². The molecule has 3 fully saturated rings. The number of methoxy groups -OCH3 is 1. The summed E-state index contributed by atoms with van der Waals surface area (Å²) >= 11 is 12.7. The summed E-state index contributed by atoms with van der Waals surface area (Å²) in [6.07, 6.45) is 7.01. The highest BCUT2D eigenvalue weighted by Crippen LogP contribution is 2.72. The molecule has 0 bridgehead atoms. The zero-order chi connectivity index (χ0) is 30.8. The standard InChI is InChI=1S/C34H41Cl2FN2O4/c1-31(2)13-15-32(16-14-31)18-22(25(41)17-20-9-11-33(19-40,43-3)12-10-20)27(21-5-4-6-24(35)28(21)37)34(32)23-7-8-26(36)38-29(23)39-30(34)42/h4-8,20,22,27,40H,9-19H2,1-3H3,(H,38,39,42)/t20?,22-,27-,33?,34+/m0/s1. The zero-order valence-corrected chi connectivity index (χ0v) is 26.7. The number of amides is 1. The minimum absolute atomic E-state index is 0.0235. The van der Waals surface area contributed by atoms with E-state index in [1.165, 1.54) is 6.07 Å². The van der Waals surface area contributed by atoms with Gasteiger partial charge < -0.3 is 15.2 Å². The number of rotatable bonds is 6. The highest BCUT2D eigenvalue weighted by atomic mass is 35.5. The average molecular weight is 632 g/mol. The van der Waals surface area contributed by atoms with Crippen molar-refractivity contribution in [2.75, 3.05) is 19.0 Å². The largest absolute Gasteiger partial charge is 0.393 e. The molecule has 3 aliphatic carbocycles. The molecule has 0 unspecified atom stereocenters. The summed E-state index contributed by atoms with van der Waals surface area (Å²) in [5.74, 6) is -1.54. The smallest absolute Gasteiger partial charge is 0.237 e. The molecule has 2 N–H and O–H groups in total. The van der Waals surface area contributed by atoms with Gasteiger partial charge >= 0.3 is 0 Å². The second-order valence-corrected chi connectivity index (χ2v) is 15.1. The molecule has 2 spiro atoms. The molecule has 6 nitrogen and oxygen atoms in total. The number of Topliss-reactive ketones (excluding diaryl/α,β-unsaturated/α-hetero) is 1. The van der Waals surface area contributed by atoms with Crippen molar-refractivity contribution in [2.24, 2.45) is 22.7 Å². The highest BCUT2D eigenvalue weighted by Gasteiger charge is 2.72. The number of carbonyl (C=O) groups excluding carboxylic acids is 2. The van der Waals surface area contributed by atoms with Crippen LogP contribution < -0.4 is 5.32 Å². The van der Waals surface area contributed by atoms with E-state index in [9.17, 15) is 14.7 Å². The number of aliphatic hydroxyl groups excluding tert-OH is 1. The van der Waals surface area contributed by atoms with Crippen LogP contribution in [-0.2, 0) is 19.7 Å². The van der Waals surface area contributed by atoms with Crippen LogP contribution in [0.1, 0.15) is 95.1 Å². The van der Waals surface area contributed by atoms with Gasteiger partial charge in [-0.25, -0.2) is 9.37 Å². The van der Waals surface area contributed by atoms with Crippen LogP contribution in [0.4, 0.5) is 10.2 Å². The minimum atomic E-state index is -1.20. The number of aliphatic hydroxyl groups is 1. The number of carbonyl (C=O) groups is 2. The number of benzene rings is 1. The Balaban J connectivity index is 1.48. The number of hydrogen-bond acceptors (Lipinski definition) is 5. The first kappa shape index (κ1) is 30.9. The lowest BCUT2D eigenvalue weighted by Gasteiger charge is -2.50. The molecule has 9 heteroatoms. The van der Waals surface area contributed by atoms with Crippen molar-refractivity contribution in [2.45, 2.75) is 95.0 Å². The van der Waals surface area contributed by atoms with Gasteiger partial charge in [-0.1, -0.05) is 55.2 Å². The third-order valence-corrected chi connectivity index (χ3v) is 12.2. The van der Waals surface area contributed by atoms with Gasteiger partial charge in [-0.05, 0) is 92.2 Å². The van der Waals surface area contributed by atoms with Gasteiger partial charge in [0.2, 0.25) is 5.91 Å². The highest BCUT2D eigenvalue weighted by molar-refractivity contribution is 6.31. The number of hydrogen-bond donors (Lipinski definition) is 2. The van der Waals surface area contributed by atoms with Gasteiger partial charge in [0.25, 0.3) is 0 Å². The van der Waals surface area contributed by atoms with E-state index in [4.69, 9.17) is 27.9 Å². The number of ether oxygens (including phenoxy) is 1. The molecular formula is C34H41Cl2FN2O4. The van der Waals surface area contributed by atoms with Crippen LogP contribution in [0.2, 0.25) is 10.2 Å². The molecule has 3 atom stereocenters. The van der Waals surface area contributed by atoms with Crippen molar-refractivity contribution in [3.05, 3.63) is 57.5 Å².